The van der Waals surface area contributed by atoms with E-state index >= 15 is 0 Å². The molecule has 0 bridgehead atoms. The van der Waals surface area contributed by atoms with Crippen molar-refractivity contribution in [1.29, 1.82) is 0 Å². The lowest BCUT2D eigenvalue weighted by molar-refractivity contribution is 0.224. The highest BCUT2D eigenvalue weighted by molar-refractivity contribution is 7.58. The second kappa shape index (κ2) is 7.60. The molecule has 0 saturated carbocycles. The van der Waals surface area contributed by atoms with Gasteiger partial charge in [-0.15, -0.1) is 0 Å². The van der Waals surface area contributed by atoms with Crippen LogP contribution in [0.4, 0.5) is 0 Å². The van der Waals surface area contributed by atoms with Gasteiger partial charge < -0.3 is 14.4 Å². The molecule has 5 heteroatoms. The van der Waals surface area contributed by atoms with E-state index < -0.39 is 7.60 Å². The van der Waals surface area contributed by atoms with Gasteiger partial charge in [0.2, 0.25) is 0 Å². The van der Waals surface area contributed by atoms with Crippen LogP contribution in [-0.4, -0.2) is 13.2 Å². The molecule has 1 aliphatic heterocycles. The number of hydrogen-bond acceptors (Lipinski definition) is 4. The van der Waals surface area contributed by atoms with E-state index in [0.717, 1.165) is 12.0 Å². The van der Waals surface area contributed by atoms with Gasteiger partial charge in [-0.2, -0.15) is 0 Å². The van der Waals surface area contributed by atoms with E-state index in [1.807, 2.05) is 38.1 Å². The third-order valence-corrected chi connectivity index (χ3v) is 5.24. The topological polar surface area (TPSA) is 47.6 Å². The van der Waals surface area contributed by atoms with Crippen molar-refractivity contribution in [1.82, 2.24) is 5.32 Å². The van der Waals surface area contributed by atoms with Crippen LogP contribution in [0.2, 0.25) is 0 Å². The maximum absolute atomic E-state index is 12.9. The zero-order valence-electron chi connectivity index (χ0n) is 12.5. The Morgan fingerprint density at radius 1 is 1.19 bits per heavy atom. The van der Waals surface area contributed by atoms with Crippen molar-refractivity contribution in [2.45, 2.75) is 26.3 Å². The molecule has 1 aliphatic rings. The first-order valence-electron chi connectivity index (χ1n) is 7.27. The van der Waals surface area contributed by atoms with Crippen LogP contribution < -0.4 is 5.32 Å². The molecule has 0 saturated heterocycles. The predicted octanol–water partition coefficient (Wildman–Crippen LogP) is 4.38. The highest BCUT2D eigenvalue weighted by Gasteiger charge is 2.31. The zero-order valence-corrected chi connectivity index (χ0v) is 13.4. The van der Waals surface area contributed by atoms with Gasteiger partial charge >= 0.3 is 7.60 Å². The Hall–Kier alpha value is -1.35. The molecule has 1 N–H and O–H groups in total. The summed E-state index contributed by atoms with van der Waals surface area (Å²) in [4.78, 5) is 0. The fourth-order valence-electron chi connectivity index (χ4n) is 2.25. The van der Waals surface area contributed by atoms with Crippen LogP contribution in [0.5, 0.6) is 0 Å². The Morgan fingerprint density at radius 2 is 1.86 bits per heavy atom. The summed E-state index contributed by atoms with van der Waals surface area (Å²) >= 11 is 0. The first-order valence-corrected chi connectivity index (χ1v) is 8.82. The molecule has 0 spiro atoms. The Morgan fingerprint density at radius 3 is 2.48 bits per heavy atom. The molecule has 21 heavy (non-hydrogen) atoms. The summed E-state index contributed by atoms with van der Waals surface area (Å²) in [5.41, 5.74) is 1.67. The lowest BCUT2D eigenvalue weighted by Gasteiger charge is -2.25. The van der Waals surface area contributed by atoms with Crippen molar-refractivity contribution < 1.29 is 13.6 Å². The SMILES string of the molecule is CCOP(=O)(OCC)C1=CC=CCC(c2ccccc2)N1. The van der Waals surface area contributed by atoms with Crippen LogP contribution in [0.15, 0.2) is 54.0 Å². The van der Waals surface area contributed by atoms with Gasteiger partial charge in [-0.25, -0.2) is 0 Å². The van der Waals surface area contributed by atoms with Gasteiger partial charge in [-0.05, 0) is 31.9 Å². The summed E-state index contributed by atoms with van der Waals surface area (Å²) in [6.07, 6.45) is 6.56. The van der Waals surface area contributed by atoms with E-state index in [4.69, 9.17) is 9.05 Å². The maximum Gasteiger partial charge on any atom is 0.377 e. The Balaban J connectivity index is 2.25. The third-order valence-electron chi connectivity index (χ3n) is 3.18. The lowest BCUT2D eigenvalue weighted by atomic mass is 10.0. The highest BCUT2D eigenvalue weighted by Crippen LogP contribution is 2.55. The molecule has 0 amide bonds. The van der Waals surface area contributed by atoms with E-state index in [1.165, 1.54) is 0 Å². The van der Waals surface area contributed by atoms with Crippen molar-refractivity contribution in [2.75, 3.05) is 13.2 Å². The van der Waals surface area contributed by atoms with E-state index in [9.17, 15) is 4.57 Å². The van der Waals surface area contributed by atoms with Crippen LogP contribution in [0.25, 0.3) is 0 Å². The predicted molar refractivity (Wildman–Crippen MR) is 85.0 cm³/mol. The van der Waals surface area contributed by atoms with Gasteiger partial charge in [-0.1, -0.05) is 42.5 Å². The fraction of sp³-hybridized carbons (Fsp3) is 0.375. The molecule has 0 aromatic heterocycles. The summed E-state index contributed by atoms with van der Waals surface area (Å²) in [6, 6.07) is 10.2. The number of nitrogens with one attached hydrogen (secondary N) is 1. The molecular formula is C16H22NO3P. The molecule has 0 fully saturated rings. The number of benzene rings is 1. The smallest absolute Gasteiger partial charge is 0.371 e. The number of allylic oxidation sites excluding steroid dienone is 2. The molecule has 1 aromatic carbocycles. The van der Waals surface area contributed by atoms with Crippen LogP contribution in [0.1, 0.15) is 31.9 Å². The zero-order chi connectivity index (χ0) is 15.1. The molecule has 4 nitrogen and oxygen atoms in total. The second-order valence-electron chi connectivity index (χ2n) is 4.66. The van der Waals surface area contributed by atoms with Gasteiger partial charge in [0, 0.05) is 0 Å². The van der Waals surface area contributed by atoms with Crippen LogP contribution in [0.3, 0.4) is 0 Å². The largest absolute Gasteiger partial charge is 0.377 e. The second-order valence-corrected chi connectivity index (χ2v) is 6.65. The van der Waals surface area contributed by atoms with Crippen molar-refractivity contribution >= 4 is 7.60 Å². The summed E-state index contributed by atoms with van der Waals surface area (Å²) in [6.45, 7) is 4.31. The van der Waals surface area contributed by atoms with Gasteiger partial charge in [0.1, 0.15) is 5.44 Å². The molecule has 1 heterocycles. The standard InChI is InChI=1S/C16H22NO3P/c1-3-19-21(18,20-4-2)16-13-9-8-12-15(17-16)14-10-6-5-7-11-14/h5-11,13,15,17H,3-4,12H2,1-2H3. The molecule has 114 valence electrons. The van der Waals surface area contributed by atoms with E-state index in [-0.39, 0.29) is 6.04 Å². The minimum absolute atomic E-state index is 0.0606. The van der Waals surface area contributed by atoms with E-state index in [1.54, 1.807) is 6.08 Å². The molecule has 0 aliphatic carbocycles. The third kappa shape index (κ3) is 4.07. The Labute approximate surface area is 126 Å². The molecule has 1 atom stereocenters. The summed E-state index contributed by atoms with van der Waals surface area (Å²) in [5.74, 6) is 0. The first kappa shape index (κ1) is 16.0. The normalized spacial score (nSPS) is 18.8. The number of rotatable bonds is 6. The molecular weight excluding hydrogens is 285 g/mol. The minimum Gasteiger partial charge on any atom is -0.371 e. The van der Waals surface area contributed by atoms with Gasteiger partial charge in [-0.3, -0.25) is 4.57 Å². The average molecular weight is 307 g/mol. The van der Waals surface area contributed by atoms with E-state index in [2.05, 4.69) is 23.5 Å². The molecule has 2 rings (SSSR count). The van der Waals surface area contributed by atoms with Crippen LogP contribution in [0, 0.1) is 0 Å². The molecule has 1 unspecified atom stereocenters. The van der Waals surface area contributed by atoms with Gasteiger partial charge in [0.15, 0.2) is 0 Å². The van der Waals surface area contributed by atoms with E-state index in [0.29, 0.717) is 18.7 Å². The van der Waals surface area contributed by atoms with Crippen LogP contribution in [-0.2, 0) is 13.6 Å². The summed E-state index contributed by atoms with van der Waals surface area (Å²) in [7, 11) is -3.28. The van der Waals surface area contributed by atoms with Crippen molar-refractivity contribution in [3.8, 4) is 0 Å². The lowest BCUT2D eigenvalue weighted by Crippen LogP contribution is -2.21. The molecule has 1 aromatic rings. The van der Waals surface area contributed by atoms with Crippen LogP contribution >= 0.6 is 7.60 Å². The quantitative estimate of drug-likeness (QED) is 0.792. The summed E-state index contributed by atoms with van der Waals surface area (Å²) < 4.78 is 23.7. The molecule has 0 radical (unpaired) electrons. The van der Waals surface area contributed by atoms with Crippen molar-refractivity contribution in [2.24, 2.45) is 0 Å². The van der Waals surface area contributed by atoms with Crippen molar-refractivity contribution in [3.63, 3.8) is 0 Å². The van der Waals surface area contributed by atoms with Gasteiger partial charge in [0.25, 0.3) is 0 Å². The Kier molecular flexibility index (Phi) is 5.80. The first-order chi connectivity index (χ1) is 10.2. The monoisotopic (exact) mass is 307 g/mol. The summed E-state index contributed by atoms with van der Waals surface area (Å²) in [5, 5.41) is 3.33. The van der Waals surface area contributed by atoms with Gasteiger partial charge in [0.05, 0.1) is 19.3 Å². The highest BCUT2D eigenvalue weighted by atomic mass is 31.2. The number of hydrogen-bond donors (Lipinski definition) is 1. The average Bonchev–Trinajstić information content (AvgIpc) is 2.75. The fourth-order valence-corrected chi connectivity index (χ4v) is 3.87. The minimum atomic E-state index is -3.28. The Bertz CT molecular complexity index is 544. The van der Waals surface area contributed by atoms with Crippen molar-refractivity contribution in [3.05, 3.63) is 59.6 Å². The maximum atomic E-state index is 12.9.